The minimum Gasteiger partial charge on any atom is -0.364 e. The van der Waals surface area contributed by atoms with Crippen LogP contribution < -0.4 is 5.43 Å². The molecule has 1 heterocycles. The van der Waals surface area contributed by atoms with Crippen molar-refractivity contribution >= 4 is 21.8 Å². The maximum Gasteiger partial charge on any atom is 0.259 e. The molecule has 1 aromatic heterocycles. The Labute approximate surface area is 103 Å². The molecule has 0 saturated heterocycles. The number of aromatic nitrogens is 1. The molecule has 0 saturated carbocycles. The molecule has 0 aliphatic rings. The third-order valence-corrected chi connectivity index (χ3v) is 2.45. The summed E-state index contributed by atoms with van der Waals surface area (Å²) in [7, 11) is 1.68. The zero-order chi connectivity index (χ0) is 12.3. The van der Waals surface area contributed by atoms with E-state index in [2.05, 4.69) is 20.9 Å². The number of pyridine rings is 1. The number of nitrogens with one attached hydrogen (secondary N) is 1. The summed E-state index contributed by atoms with van der Waals surface area (Å²) < 4.78 is 0. The molecule has 5 heteroatoms. The summed E-state index contributed by atoms with van der Waals surface area (Å²) >= 11 is 3.37. The summed E-state index contributed by atoms with van der Waals surface area (Å²) in [5.74, 6) is -0.257. The van der Waals surface area contributed by atoms with Gasteiger partial charge in [-0.2, -0.15) is 0 Å². The lowest BCUT2D eigenvalue weighted by Gasteiger charge is -2.18. The Balaban J connectivity index is 2.92. The first kappa shape index (κ1) is 13.0. The Kier molecular flexibility index (Phi) is 4.29. The topological polar surface area (TPSA) is 53.2 Å². The van der Waals surface area contributed by atoms with Crippen molar-refractivity contribution in [2.75, 3.05) is 13.6 Å². The molecule has 0 aliphatic heterocycles. The molecule has 0 fully saturated rings. The lowest BCUT2D eigenvalue weighted by Crippen LogP contribution is -2.34. The maximum absolute atomic E-state index is 11.9. The van der Waals surface area contributed by atoms with Crippen LogP contribution in [0.15, 0.2) is 17.1 Å². The number of carbonyl (C=O) groups is 1. The minimum atomic E-state index is -0.257. The number of H-pyrrole nitrogens is 1. The van der Waals surface area contributed by atoms with Crippen molar-refractivity contribution in [1.29, 1.82) is 0 Å². The van der Waals surface area contributed by atoms with E-state index in [0.717, 1.165) is 5.69 Å². The van der Waals surface area contributed by atoms with Gasteiger partial charge in [-0.25, -0.2) is 0 Å². The molecule has 1 amide bonds. The smallest absolute Gasteiger partial charge is 0.259 e. The molecule has 1 rings (SSSR count). The van der Waals surface area contributed by atoms with Gasteiger partial charge in [0.25, 0.3) is 5.91 Å². The van der Waals surface area contributed by atoms with Crippen molar-refractivity contribution in [2.45, 2.75) is 18.7 Å². The molecule has 0 bridgehead atoms. The quantitative estimate of drug-likeness (QED) is 0.857. The second kappa shape index (κ2) is 5.30. The number of nitrogens with zero attached hydrogens (tertiary/aromatic N) is 1. The van der Waals surface area contributed by atoms with E-state index in [-0.39, 0.29) is 21.7 Å². The fourth-order valence-corrected chi connectivity index (χ4v) is 1.84. The fourth-order valence-electron chi connectivity index (χ4n) is 1.41. The molecule has 1 atom stereocenters. The monoisotopic (exact) mass is 286 g/mol. The summed E-state index contributed by atoms with van der Waals surface area (Å²) in [5.41, 5.74) is 0.689. The van der Waals surface area contributed by atoms with Crippen molar-refractivity contribution in [3.05, 3.63) is 33.7 Å². The van der Waals surface area contributed by atoms with Gasteiger partial charge in [0, 0.05) is 36.4 Å². The zero-order valence-corrected chi connectivity index (χ0v) is 11.2. The van der Waals surface area contributed by atoms with E-state index in [1.54, 1.807) is 14.0 Å². The summed E-state index contributed by atoms with van der Waals surface area (Å²) in [6, 6.07) is 1.43. The number of halogens is 1. The number of amides is 1. The average molecular weight is 287 g/mol. The van der Waals surface area contributed by atoms with Crippen molar-refractivity contribution < 1.29 is 4.79 Å². The van der Waals surface area contributed by atoms with Gasteiger partial charge >= 0.3 is 0 Å². The Morgan fingerprint density at radius 2 is 2.25 bits per heavy atom. The molecular weight excluding hydrogens is 272 g/mol. The van der Waals surface area contributed by atoms with Gasteiger partial charge in [0.05, 0.1) is 0 Å². The van der Waals surface area contributed by atoms with Gasteiger partial charge in [-0.1, -0.05) is 22.9 Å². The van der Waals surface area contributed by atoms with E-state index < -0.39 is 0 Å². The van der Waals surface area contributed by atoms with E-state index in [4.69, 9.17) is 0 Å². The van der Waals surface area contributed by atoms with Crippen LogP contribution in [0.5, 0.6) is 0 Å². The number of aryl methyl sites for hydroxylation is 1. The number of carbonyl (C=O) groups excluding carboxylic acids is 1. The lowest BCUT2D eigenvalue weighted by molar-refractivity contribution is 0.0795. The van der Waals surface area contributed by atoms with Crippen LogP contribution in [0.1, 0.15) is 23.0 Å². The highest BCUT2D eigenvalue weighted by atomic mass is 79.9. The summed E-state index contributed by atoms with van der Waals surface area (Å²) in [6.45, 7) is 4.29. The number of alkyl halides is 1. The van der Waals surface area contributed by atoms with E-state index in [1.807, 2.05) is 6.92 Å². The van der Waals surface area contributed by atoms with Crippen molar-refractivity contribution in [3.8, 4) is 0 Å². The van der Waals surface area contributed by atoms with Crippen molar-refractivity contribution in [2.24, 2.45) is 0 Å². The summed E-state index contributed by atoms with van der Waals surface area (Å²) in [6.07, 6.45) is 1.47. The first-order valence-corrected chi connectivity index (χ1v) is 5.92. The molecule has 1 aromatic rings. The molecule has 88 valence electrons. The van der Waals surface area contributed by atoms with Crippen LogP contribution in [0.25, 0.3) is 0 Å². The van der Waals surface area contributed by atoms with Gasteiger partial charge in [-0.15, -0.1) is 0 Å². The largest absolute Gasteiger partial charge is 0.364 e. The van der Waals surface area contributed by atoms with E-state index in [1.165, 1.54) is 17.2 Å². The Morgan fingerprint density at radius 1 is 1.62 bits per heavy atom. The van der Waals surface area contributed by atoms with Gasteiger partial charge in [-0.05, 0) is 6.92 Å². The second-order valence-electron chi connectivity index (χ2n) is 3.86. The third-order valence-electron chi connectivity index (χ3n) is 2.16. The van der Waals surface area contributed by atoms with Gasteiger partial charge < -0.3 is 9.88 Å². The van der Waals surface area contributed by atoms with Gasteiger partial charge in [0.15, 0.2) is 5.43 Å². The average Bonchev–Trinajstić information content (AvgIpc) is 2.15. The standard InChI is InChI=1S/C11H15BrN2O2/c1-7(12)6-14(3)11(16)9-5-13-8(2)4-10(9)15/h4-5,7H,6H2,1-3H3,(H,13,15). The molecule has 1 N–H and O–H groups in total. The minimum absolute atomic E-state index is 0.182. The van der Waals surface area contributed by atoms with Crippen molar-refractivity contribution in [1.82, 2.24) is 9.88 Å². The Hall–Kier alpha value is -1.10. The van der Waals surface area contributed by atoms with E-state index >= 15 is 0 Å². The molecule has 16 heavy (non-hydrogen) atoms. The lowest BCUT2D eigenvalue weighted by atomic mass is 10.2. The molecule has 0 aromatic carbocycles. The van der Waals surface area contributed by atoms with Crippen LogP contribution in [-0.4, -0.2) is 34.2 Å². The third kappa shape index (κ3) is 3.20. The van der Waals surface area contributed by atoms with Crippen LogP contribution in [0.4, 0.5) is 0 Å². The summed E-state index contributed by atoms with van der Waals surface area (Å²) in [4.78, 5) is 28.1. The molecule has 0 radical (unpaired) electrons. The van der Waals surface area contributed by atoms with Crippen molar-refractivity contribution in [3.63, 3.8) is 0 Å². The molecule has 0 spiro atoms. The Bertz CT molecular complexity index is 440. The predicted octanol–water partition coefficient (Wildman–Crippen LogP) is 1.54. The van der Waals surface area contributed by atoms with Crippen LogP contribution in [0, 0.1) is 6.92 Å². The predicted molar refractivity (Wildman–Crippen MR) is 67.1 cm³/mol. The zero-order valence-electron chi connectivity index (χ0n) is 9.58. The number of hydrogen-bond acceptors (Lipinski definition) is 2. The Morgan fingerprint density at radius 3 is 2.75 bits per heavy atom. The molecule has 1 unspecified atom stereocenters. The maximum atomic E-state index is 11.9. The highest BCUT2D eigenvalue weighted by Crippen LogP contribution is 2.03. The highest BCUT2D eigenvalue weighted by Gasteiger charge is 2.16. The van der Waals surface area contributed by atoms with Gasteiger partial charge in [0.1, 0.15) is 5.56 Å². The normalized spacial score (nSPS) is 12.2. The van der Waals surface area contributed by atoms with Crippen LogP contribution in [-0.2, 0) is 0 Å². The van der Waals surface area contributed by atoms with Crippen LogP contribution >= 0.6 is 15.9 Å². The SMILES string of the molecule is Cc1cc(=O)c(C(=O)N(C)CC(C)Br)c[nH]1. The highest BCUT2D eigenvalue weighted by molar-refractivity contribution is 9.09. The van der Waals surface area contributed by atoms with Gasteiger partial charge in [-0.3, -0.25) is 9.59 Å². The van der Waals surface area contributed by atoms with Crippen LogP contribution in [0.2, 0.25) is 0 Å². The first-order chi connectivity index (χ1) is 7.41. The van der Waals surface area contributed by atoms with E-state index in [9.17, 15) is 9.59 Å². The number of rotatable bonds is 3. The molecular formula is C11H15BrN2O2. The number of hydrogen-bond donors (Lipinski definition) is 1. The molecule has 4 nitrogen and oxygen atoms in total. The molecule has 0 aliphatic carbocycles. The first-order valence-electron chi connectivity index (χ1n) is 5.00. The van der Waals surface area contributed by atoms with E-state index in [0.29, 0.717) is 6.54 Å². The van der Waals surface area contributed by atoms with Gasteiger partial charge in [0.2, 0.25) is 0 Å². The summed E-state index contributed by atoms with van der Waals surface area (Å²) in [5, 5.41) is 0. The van der Waals surface area contributed by atoms with Crippen LogP contribution in [0.3, 0.4) is 0 Å². The second-order valence-corrected chi connectivity index (χ2v) is 5.42. The number of aromatic amines is 1. The fraction of sp³-hybridized carbons (Fsp3) is 0.455.